The molecule has 0 saturated carbocycles. The Hall–Kier alpha value is -3.50. The monoisotopic (exact) mass is 527 g/mol. The molecule has 0 aliphatic heterocycles. The molecule has 0 aliphatic carbocycles. The first kappa shape index (κ1) is 25.6. The maximum absolute atomic E-state index is 12.6. The third-order valence-corrected chi connectivity index (χ3v) is 6.00. The highest BCUT2D eigenvalue weighted by molar-refractivity contribution is 7.99. The molecular weight excluding hydrogens is 502 g/mol. The lowest BCUT2D eigenvalue weighted by molar-refractivity contribution is -0.113. The quantitative estimate of drug-likeness (QED) is 0.249. The molecule has 0 fully saturated rings. The first-order valence-corrected chi connectivity index (χ1v) is 12.6. The van der Waals surface area contributed by atoms with E-state index < -0.39 is 17.7 Å². The summed E-state index contributed by atoms with van der Waals surface area (Å²) in [5.74, 6) is 0.0222. The third kappa shape index (κ3) is 7.02. The fourth-order valence-corrected chi connectivity index (χ4v) is 4.24. The van der Waals surface area contributed by atoms with Crippen molar-refractivity contribution in [2.45, 2.75) is 44.1 Å². The average Bonchev–Trinajstić information content (AvgIpc) is 3.43. The number of benzene rings is 2. The molecule has 2 heterocycles. The van der Waals surface area contributed by atoms with Gasteiger partial charge >= 0.3 is 6.09 Å². The number of hydrogen-bond donors (Lipinski definition) is 3. The minimum atomic E-state index is -0.665. The zero-order chi connectivity index (χ0) is 25.7. The van der Waals surface area contributed by atoms with Gasteiger partial charge in [0.05, 0.1) is 5.75 Å². The van der Waals surface area contributed by atoms with Crippen LogP contribution in [0.5, 0.6) is 0 Å². The molecule has 2 amide bonds. The van der Waals surface area contributed by atoms with E-state index in [4.69, 9.17) is 20.8 Å². The topological polar surface area (TPSA) is 122 Å². The Labute approximate surface area is 217 Å². The Kier molecular flexibility index (Phi) is 7.85. The minimum absolute atomic E-state index is 0.0563. The lowest BCUT2D eigenvalue weighted by atomic mass is 10.1. The molecule has 188 valence electrons. The number of thioether (sulfide) groups is 1. The second-order valence-electron chi connectivity index (χ2n) is 9.02. The molecule has 0 aliphatic rings. The van der Waals surface area contributed by atoms with Gasteiger partial charge in [-0.05, 0) is 50.6 Å². The molecule has 0 unspecified atom stereocenters. The maximum Gasteiger partial charge on any atom is 0.408 e. The largest absolute Gasteiger partial charge is 0.444 e. The van der Waals surface area contributed by atoms with Crippen molar-refractivity contribution in [3.63, 3.8) is 0 Å². The smallest absolute Gasteiger partial charge is 0.408 e. The van der Waals surface area contributed by atoms with Crippen LogP contribution in [-0.4, -0.2) is 38.5 Å². The van der Waals surface area contributed by atoms with Gasteiger partial charge in [-0.15, -0.1) is 10.2 Å². The standard InChI is InChI=1S/C25H26ClN5O4S/c1-25(2,3)35-23(33)29-20(11-15-13-27-19-10-5-4-9-18(15)19)22-30-31-24(34-22)36-14-21(32)28-17-8-6-7-16(26)12-17/h4-10,12-13,20,27H,11,14H2,1-3H3,(H,28,32)(H,29,33)/t20-/m0/s1. The number of fused-ring (bicyclic) bond motifs is 1. The van der Waals surface area contributed by atoms with Crippen LogP contribution in [0.3, 0.4) is 0 Å². The number of nitrogens with one attached hydrogen (secondary N) is 3. The average molecular weight is 528 g/mol. The highest BCUT2D eigenvalue weighted by Crippen LogP contribution is 2.27. The second kappa shape index (κ2) is 11.0. The molecule has 9 nitrogen and oxygen atoms in total. The fourth-order valence-electron chi connectivity index (χ4n) is 3.48. The fraction of sp³-hybridized carbons (Fsp3) is 0.280. The number of halogens is 1. The van der Waals surface area contributed by atoms with Gasteiger partial charge in [0.1, 0.15) is 11.6 Å². The Bertz CT molecular complexity index is 1360. The molecule has 0 saturated heterocycles. The van der Waals surface area contributed by atoms with E-state index in [1.807, 2.05) is 30.5 Å². The maximum atomic E-state index is 12.6. The van der Waals surface area contributed by atoms with E-state index in [2.05, 4.69) is 25.8 Å². The number of aromatic nitrogens is 3. The van der Waals surface area contributed by atoms with Gasteiger partial charge in [-0.3, -0.25) is 4.79 Å². The van der Waals surface area contributed by atoms with E-state index in [9.17, 15) is 9.59 Å². The van der Waals surface area contributed by atoms with Gasteiger partial charge in [0.25, 0.3) is 5.22 Å². The number of carbonyl (C=O) groups is 2. The summed E-state index contributed by atoms with van der Waals surface area (Å²) in [6, 6.07) is 14.1. The lowest BCUT2D eigenvalue weighted by Gasteiger charge is -2.22. The van der Waals surface area contributed by atoms with Crippen molar-refractivity contribution in [2.24, 2.45) is 0 Å². The summed E-state index contributed by atoms with van der Waals surface area (Å²) < 4.78 is 11.2. The first-order chi connectivity index (χ1) is 17.2. The van der Waals surface area contributed by atoms with Crippen LogP contribution in [0.2, 0.25) is 5.02 Å². The summed E-state index contributed by atoms with van der Waals surface area (Å²) in [5, 5.41) is 15.6. The van der Waals surface area contributed by atoms with Gasteiger partial charge in [0.2, 0.25) is 11.8 Å². The van der Waals surface area contributed by atoms with Crippen molar-refractivity contribution in [3.8, 4) is 0 Å². The Morgan fingerprint density at radius 1 is 1.17 bits per heavy atom. The van der Waals surface area contributed by atoms with Crippen LogP contribution in [0.4, 0.5) is 10.5 Å². The zero-order valence-corrected chi connectivity index (χ0v) is 21.6. The van der Waals surface area contributed by atoms with E-state index >= 15 is 0 Å². The van der Waals surface area contributed by atoms with E-state index in [0.717, 1.165) is 28.2 Å². The Balaban J connectivity index is 1.46. The molecule has 0 radical (unpaired) electrons. The van der Waals surface area contributed by atoms with Crippen LogP contribution in [0.25, 0.3) is 10.9 Å². The van der Waals surface area contributed by atoms with Gasteiger partial charge in [-0.25, -0.2) is 4.79 Å². The number of amides is 2. The number of ether oxygens (including phenoxy) is 1. The Morgan fingerprint density at radius 3 is 2.75 bits per heavy atom. The number of H-pyrrole nitrogens is 1. The summed E-state index contributed by atoms with van der Waals surface area (Å²) in [6.07, 6.45) is 1.69. The molecule has 1 atom stereocenters. The number of aromatic amines is 1. The highest BCUT2D eigenvalue weighted by atomic mass is 35.5. The summed E-state index contributed by atoms with van der Waals surface area (Å²) in [4.78, 5) is 28.1. The van der Waals surface area contributed by atoms with Crippen molar-refractivity contribution in [1.82, 2.24) is 20.5 Å². The molecule has 0 spiro atoms. The second-order valence-corrected chi connectivity index (χ2v) is 10.4. The normalized spacial score (nSPS) is 12.3. The SMILES string of the molecule is CC(C)(C)OC(=O)N[C@@H](Cc1c[nH]c2ccccc12)c1nnc(SCC(=O)Nc2cccc(Cl)c2)o1. The molecule has 4 aromatic rings. The number of carbonyl (C=O) groups excluding carboxylic acids is 2. The van der Waals surface area contributed by atoms with E-state index in [1.165, 1.54) is 0 Å². The number of rotatable bonds is 8. The van der Waals surface area contributed by atoms with E-state index in [1.54, 1.807) is 45.0 Å². The van der Waals surface area contributed by atoms with E-state index in [0.29, 0.717) is 17.1 Å². The van der Waals surface area contributed by atoms with Crippen molar-refractivity contribution in [1.29, 1.82) is 0 Å². The van der Waals surface area contributed by atoms with Crippen LogP contribution < -0.4 is 10.6 Å². The summed E-state index contributed by atoms with van der Waals surface area (Å²) in [5.41, 5.74) is 1.89. The van der Waals surface area contributed by atoms with Gasteiger partial charge in [0.15, 0.2) is 0 Å². The molecule has 2 aromatic carbocycles. The van der Waals surface area contributed by atoms with Crippen molar-refractivity contribution >= 4 is 52.0 Å². The van der Waals surface area contributed by atoms with Crippen molar-refractivity contribution < 1.29 is 18.7 Å². The third-order valence-electron chi connectivity index (χ3n) is 4.95. The van der Waals surface area contributed by atoms with Gasteiger partial charge in [-0.2, -0.15) is 0 Å². The lowest BCUT2D eigenvalue weighted by Crippen LogP contribution is -2.36. The summed E-state index contributed by atoms with van der Waals surface area (Å²) >= 11 is 7.05. The van der Waals surface area contributed by atoms with E-state index in [-0.39, 0.29) is 22.8 Å². The number of para-hydroxylation sites is 1. The van der Waals surface area contributed by atoms with Gasteiger partial charge in [0, 0.05) is 34.2 Å². The molecule has 36 heavy (non-hydrogen) atoms. The van der Waals surface area contributed by atoms with Crippen LogP contribution in [0.1, 0.15) is 38.3 Å². The minimum Gasteiger partial charge on any atom is -0.444 e. The molecule has 11 heteroatoms. The van der Waals surface area contributed by atoms with Crippen molar-refractivity contribution in [3.05, 3.63) is 71.2 Å². The predicted molar refractivity (Wildman–Crippen MR) is 139 cm³/mol. The molecule has 2 aromatic heterocycles. The number of alkyl carbamates (subject to hydrolysis) is 1. The molecule has 0 bridgehead atoms. The van der Waals surface area contributed by atoms with Crippen LogP contribution >= 0.6 is 23.4 Å². The first-order valence-electron chi connectivity index (χ1n) is 11.2. The van der Waals surface area contributed by atoms with Crippen LogP contribution in [-0.2, 0) is 16.0 Å². The molecule has 3 N–H and O–H groups in total. The van der Waals surface area contributed by atoms with Crippen molar-refractivity contribution in [2.75, 3.05) is 11.1 Å². The summed E-state index contributed by atoms with van der Waals surface area (Å²) in [7, 11) is 0. The van der Waals surface area contributed by atoms with Crippen LogP contribution in [0.15, 0.2) is 64.4 Å². The summed E-state index contributed by atoms with van der Waals surface area (Å²) in [6.45, 7) is 5.37. The van der Waals surface area contributed by atoms with Crippen LogP contribution in [0, 0.1) is 0 Å². The number of anilines is 1. The zero-order valence-electron chi connectivity index (χ0n) is 20.0. The number of nitrogens with zero attached hydrogens (tertiary/aromatic N) is 2. The highest BCUT2D eigenvalue weighted by Gasteiger charge is 2.26. The molecular formula is C25H26ClN5O4S. The number of hydrogen-bond acceptors (Lipinski definition) is 7. The Morgan fingerprint density at radius 2 is 1.97 bits per heavy atom. The predicted octanol–water partition coefficient (Wildman–Crippen LogP) is 5.74. The molecule has 4 rings (SSSR count). The van der Waals surface area contributed by atoms with Gasteiger partial charge < -0.3 is 24.8 Å². The van der Waals surface area contributed by atoms with Gasteiger partial charge in [-0.1, -0.05) is 47.6 Å².